The number of amides is 5. The van der Waals surface area contributed by atoms with Crippen LogP contribution in [-0.4, -0.2) is 124 Å². The number of β-amino-alcohol motifs (C(OH)–C–C–N with tert-alkyl or cyclic N) is 1. The van der Waals surface area contributed by atoms with E-state index >= 15 is 0 Å². The molecule has 21 heteroatoms. The number of ether oxygens (including phenoxy) is 2. The van der Waals surface area contributed by atoms with Crippen molar-refractivity contribution in [1.29, 1.82) is 5.26 Å². The molecule has 3 aromatic carbocycles. The summed E-state index contributed by atoms with van der Waals surface area (Å²) in [6, 6.07) is 17.0. The number of unbranched alkanes of at least 4 members (excludes halogenated alkanes) is 1. The second kappa shape index (κ2) is 23.1. The Morgan fingerprint density at radius 1 is 0.986 bits per heavy atom. The standard InChI is InChI=1S/C53H61F3N8O8S2/c1-32-44(74-31-59-32)34-11-9-33(10-12-34)28-58-46(67)42-26-39(65)29-62(42)48(69)45(51(2,3)4)60-43(66)30-71-23-7-8-24-72-40-19-21-61(22-20-40)47(68)35-13-16-37(17-14-35)64-50(73)63(49(70)52(64,5)6)38-18-15-36(27-57)41(25-38)53(54,55)56/h9-18,25,31,39-40,42,45,65H,7-8,19-24,26,28-30H2,1-6H3,(H,58,67)(H,60,66)/t39-,42+,45-/m1/s1. The van der Waals surface area contributed by atoms with Gasteiger partial charge in [-0.1, -0.05) is 45.0 Å². The summed E-state index contributed by atoms with van der Waals surface area (Å²) in [6.07, 6.45) is -3.18. The van der Waals surface area contributed by atoms with Gasteiger partial charge in [0.15, 0.2) is 5.11 Å². The molecule has 0 unspecified atom stereocenters. The monoisotopic (exact) mass is 1060 g/mol. The van der Waals surface area contributed by atoms with Crippen molar-refractivity contribution in [3.63, 3.8) is 0 Å². The van der Waals surface area contributed by atoms with E-state index in [1.165, 1.54) is 21.9 Å². The van der Waals surface area contributed by atoms with Gasteiger partial charge in [0.2, 0.25) is 17.7 Å². The average molecular weight is 1060 g/mol. The fourth-order valence-electron chi connectivity index (χ4n) is 9.32. The van der Waals surface area contributed by atoms with Crippen molar-refractivity contribution in [2.75, 3.05) is 49.3 Å². The van der Waals surface area contributed by atoms with Crippen LogP contribution in [0.2, 0.25) is 0 Å². The topological polar surface area (TPSA) is 198 Å². The van der Waals surface area contributed by atoms with Crippen molar-refractivity contribution >= 4 is 69.6 Å². The number of carbonyl (C=O) groups excluding carboxylic acids is 5. The molecule has 16 nitrogen and oxygen atoms in total. The van der Waals surface area contributed by atoms with Gasteiger partial charge >= 0.3 is 6.18 Å². The number of halogens is 3. The van der Waals surface area contributed by atoms with Gasteiger partial charge in [0.1, 0.15) is 24.2 Å². The van der Waals surface area contributed by atoms with E-state index in [-0.39, 0.29) is 55.5 Å². The summed E-state index contributed by atoms with van der Waals surface area (Å²) in [5, 5.41) is 25.5. The number of aryl methyl sites for hydroxylation is 1. The number of hydrogen-bond acceptors (Lipinski definition) is 12. The number of nitriles is 1. The maximum atomic E-state index is 14.0. The Kier molecular flexibility index (Phi) is 17.3. The molecular weight excluding hydrogens is 998 g/mol. The highest BCUT2D eigenvalue weighted by Crippen LogP contribution is 2.40. The molecule has 7 rings (SSSR count). The molecule has 3 fully saturated rings. The SMILES string of the molecule is Cc1ncsc1-c1ccc(CNC(=O)[C@@H]2C[C@@H](O)CN2C(=O)[C@@H](NC(=O)COCCCCOC2CCN(C(=O)c3ccc(N4C(=S)N(c5ccc(C#N)c(C(F)(F)F)c5)C(=O)C4(C)C)cc3)CC2)C(C)(C)C)cc1. The molecule has 0 bridgehead atoms. The number of nitrogens with zero attached hydrogens (tertiary/aromatic N) is 6. The third-order valence-electron chi connectivity index (χ3n) is 13.4. The summed E-state index contributed by atoms with van der Waals surface area (Å²) < 4.78 is 53.1. The summed E-state index contributed by atoms with van der Waals surface area (Å²) in [7, 11) is 0. The first-order valence-corrected chi connectivity index (χ1v) is 25.7. The second-order valence-corrected chi connectivity index (χ2v) is 21.5. The summed E-state index contributed by atoms with van der Waals surface area (Å²) in [4.78, 5) is 78.7. The zero-order valence-electron chi connectivity index (χ0n) is 42.2. The van der Waals surface area contributed by atoms with Crippen molar-refractivity contribution in [1.82, 2.24) is 25.4 Å². The summed E-state index contributed by atoms with van der Waals surface area (Å²) in [6.45, 7) is 12.2. The fraction of sp³-hybridized carbons (Fsp3) is 0.472. The van der Waals surface area contributed by atoms with Crippen LogP contribution in [0, 0.1) is 23.7 Å². The number of alkyl halides is 3. The molecule has 0 spiro atoms. The molecule has 0 saturated carbocycles. The number of carbonyl (C=O) groups is 5. The van der Waals surface area contributed by atoms with E-state index in [1.54, 1.807) is 59.9 Å². The molecule has 4 heterocycles. The normalized spacial score (nSPS) is 18.7. The van der Waals surface area contributed by atoms with Crippen LogP contribution in [0.15, 0.2) is 72.2 Å². The number of anilines is 2. The first kappa shape index (κ1) is 55.4. The van der Waals surface area contributed by atoms with Crippen LogP contribution >= 0.6 is 23.6 Å². The number of thiocarbonyl (C=S) groups is 1. The fourth-order valence-corrected chi connectivity index (χ4v) is 10.7. The smallest absolute Gasteiger partial charge is 0.391 e. The van der Waals surface area contributed by atoms with Gasteiger partial charge in [-0.2, -0.15) is 18.4 Å². The van der Waals surface area contributed by atoms with Crippen LogP contribution in [-0.2, 0) is 41.4 Å². The Morgan fingerprint density at radius 2 is 1.65 bits per heavy atom. The lowest BCUT2D eigenvalue weighted by molar-refractivity contribution is -0.144. The van der Waals surface area contributed by atoms with E-state index in [0.717, 1.165) is 38.7 Å². The molecule has 394 valence electrons. The third kappa shape index (κ3) is 12.6. The second-order valence-electron chi connectivity index (χ2n) is 20.3. The first-order chi connectivity index (χ1) is 35.0. The van der Waals surface area contributed by atoms with Crippen LogP contribution in [0.25, 0.3) is 10.4 Å². The minimum Gasteiger partial charge on any atom is -0.391 e. The van der Waals surface area contributed by atoms with E-state index in [9.17, 15) is 47.5 Å². The maximum Gasteiger partial charge on any atom is 0.417 e. The zero-order valence-corrected chi connectivity index (χ0v) is 43.8. The van der Waals surface area contributed by atoms with Gasteiger partial charge in [-0.05, 0) is 118 Å². The molecule has 74 heavy (non-hydrogen) atoms. The first-order valence-electron chi connectivity index (χ1n) is 24.4. The number of likely N-dealkylation sites (tertiary alicyclic amines) is 2. The quantitative estimate of drug-likeness (QED) is 0.0715. The van der Waals surface area contributed by atoms with Gasteiger partial charge in [-0.25, -0.2) is 4.98 Å². The lowest BCUT2D eigenvalue weighted by Crippen LogP contribution is -2.58. The Balaban J connectivity index is 0.807. The highest BCUT2D eigenvalue weighted by atomic mass is 32.1. The van der Waals surface area contributed by atoms with Gasteiger partial charge in [0.25, 0.3) is 11.8 Å². The zero-order chi connectivity index (χ0) is 53.7. The lowest BCUT2D eigenvalue weighted by Gasteiger charge is -2.35. The van der Waals surface area contributed by atoms with Crippen molar-refractivity contribution in [3.8, 4) is 16.5 Å². The summed E-state index contributed by atoms with van der Waals surface area (Å²) >= 11 is 7.20. The minimum atomic E-state index is -4.83. The number of aliphatic hydroxyl groups is 1. The number of thiazole rings is 1. The van der Waals surface area contributed by atoms with Crippen molar-refractivity contribution in [2.45, 2.75) is 116 Å². The Bertz CT molecular complexity index is 2770. The third-order valence-corrected chi connectivity index (χ3v) is 14.8. The predicted molar refractivity (Wildman–Crippen MR) is 276 cm³/mol. The molecule has 0 aliphatic carbocycles. The molecule has 4 aromatic rings. The van der Waals surface area contributed by atoms with Gasteiger partial charge in [-0.15, -0.1) is 11.3 Å². The van der Waals surface area contributed by atoms with Gasteiger partial charge in [-0.3, -0.25) is 28.9 Å². The van der Waals surface area contributed by atoms with Crippen molar-refractivity contribution in [3.05, 3.63) is 100 Å². The van der Waals surface area contributed by atoms with Crippen LogP contribution in [0.3, 0.4) is 0 Å². The number of benzene rings is 3. The van der Waals surface area contributed by atoms with Gasteiger partial charge in [0.05, 0.1) is 51.2 Å². The number of piperidine rings is 1. The summed E-state index contributed by atoms with van der Waals surface area (Å²) in [5.41, 5.74) is 1.66. The number of rotatable bonds is 17. The van der Waals surface area contributed by atoms with E-state index in [0.29, 0.717) is 56.6 Å². The number of hydrogen-bond donors (Lipinski definition) is 3. The maximum absolute atomic E-state index is 14.0. The lowest BCUT2D eigenvalue weighted by atomic mass is 9.85. The predicted octanol–water partition coefficient (Wildman–Crippen LogP) is 7.15. The van der Waals surface area contributed by atoms with Gasteiger partial charge in [0, 0.05) is 57.1 Å². The molecule has 0 radical (unpaired) electrons. The molecule has 3 atom stereocenters. The Morgan fingerprint density at radius 3 is 2.27 bits per heavy atom. The molecule has 3 aliphatic rings. The van der Waals surface area contributed by atoms with Crippen LogP contribution < -0.4 is 20.4 Å². The molecule has 3 aliphatic heterocycles. The van der Waals surface area contributed by atoms with E-state index in [4.69, 9.17) is 21.7 Å². The van der Waals surface area contributed by atoms with Gasteiger partial charge < -0.3 is 39.9 Å². The number of nitrogens with one attached hydrogen (secondary N) is 2. The summed E-state index contributed by atoms with van der Waals surface area (Å²) in [5.74, 6) is -2.08. The van der Waals surface area contributed by atoms with E-state index < -0.39 is 70.1 Å². The van der Waals surface area contributed by atoms with E-state index in [2.05, 4.69) is 15.6 Å². The highest BCUT2D eigenvalue weighted by Gasteiger charge is 2.51. The molecule has 1 aromatic heterocycles. The average Bonchev–Trinajstić information content (AvgIpc) is 4.03. The Labute approximate surface area is 437 Å². The van der Waals surface area contributed by atoms with Crippen molar-refractivity contribution < 1.29 is 51.7 Å². The van der Waals surface area contributed by atoms with Crippen molar-refractivity contribution in [2.24, 2.45) is 5.41 Å². The molecular formula is C53H61F3N8O8S2. The highest BCUT2D eigenvalue weighted by molar-refractivity contribution is 7.81. The molecule has 3 saturated heterocycles. The van der Waals surface area contributed by atoms with Crippen LogP contribution in [0.1, 0.15) is 99.5 Å². The minimum absolute atomic E-state index is 0.0385. The largest absolute Gasteiger partial charge is 0.417 e. The molecule has 5 amide bonds. The van der Waals surface area contributed by atoms with Crippen LogP contribution in [0.5, 0.6) is 0 Å². The number of aromatic nitrogens is 1. The Hall–Kier alpha value is -6.31. The van der Waals surface area contributed by atoms with E-state index in [1.807, 2.05) is 52.0 Å². The van der Waals surface area contributed by atoms with Crippen LogP contribution in [0.4, 0.5) is 24.5 Å². The molecule has 3 N–H and O–H groups in total. The number of aliphatic hydroxyl groups excluding tert-OH is 1.